The Bertz CT molecular complexity index is 2220. The summed E-state index contributed by atoms with van der Waals surface area (Å²) in [7, 11) is 0. The van der Waals surface area contributed by atoms with Gasteiger partial charge in [0.15, 0.2) is 0 Å². The number of aromatic nitrogens is 3. The Kier molecular flexibility index (Phi) is 7.18. The molecule has 0 atom stereocenters. The second kappa shape index (κ2) is 12.5. The van der Waals surface area contributed by atoms with Crippen molar-refractivity contribution in [2.75, 3.05) is 0 Å². The minimum Gasteiger partial charge on any atom is -0.486 e. The number of pyridine rings is 3. The normalized spacial score (nSPS) is 13.7. The van der Waals surface area contributed by atoms with E-state index in [0.717, 1.165) is 31.6 Å². The van der Waals surface area contributed by atoms with Crippen molar-refractivity contribution in [3.8, 4) is 22.5 Å². The van der Waals surface area contributed by atoms with E-state index in [4.69, 9.17) is 16.3 Å². The molecule has 0 fully saturated rings. The van der Waals surface area contributed by atoms with Gasteiger partial charge < -0.3 is 9.40 Å². The van der Waals surface area contributed by atoms with Crippen LogP contribution in [0.4, 0.5) is 0 Å². The summed E-state index contributed by atoms with van der Waals surface area (Å²) in [5.41, 5.74) is 5.83. The molecule has 7 aromatic rings. The molecule has 0 aliphatic rings. The molecule has 0 aliphatic heterocycles. The summed E-state index contributed by atoms with van der Waals surface area (Å²) < 4.78 is 47.6. The minimum atomic E-state index is -2.33. The molecule has 4 nitrogen and oxygen atoms in total. The van der Waals surface area contributed by atoms with Crippen LogP contribution in [0.2, 0.25) is 0 Å². The van der Waals surface area contributed by atoms with Crippen LogP contribution in [-0.2, 0) is 26.5 Å². The van der Waals surface area contributed by atoms with E-state index in [1.807, 2.05) is 89.3 Å². The van der Waals surface area contributed by atoms with E-state index >= 15 is 0 Å². The second-order valence-electron chi connectivity index (χ2n) is 11.2. The van der Waals surface area contributed by atoms with Gasteiger partial charge in [0.2, 0.25) is 5.71 Å². The molecule has 43 heavy (non-hydrogen) atoms. The van der Waals surface area contributed by atoms with Crippen LogP contribution >= 0.6 is 11.3 Å². The maximum atomic E-state index is 8.86. The predicted molar refractivity (Wildman–Crippen MR) is 175 cm³/mol. The first-order valence-electron chi connectivity index (χ1n) is 16.2. The third-order valence-corrected chi connectivity index (χ3v) is 7.72. The Balaban J connectivity index is 0.000000270. The summed E-state index contributed by atoms with van der Waals surface area (Å²) in [5.74, 6) is 0. The van der Waals surface area contributed by atoms with E-state index in [0.29, 0.717) is 27.9 Å². The van der Waals surface area contributed by atoms with E-state index in [-0.39, 0.29) is 31.5 Å². The smallest absolute Gasteiger partial charge is 0.216 e. The van der Waals surface area contributed by atoms with Gasteiger partial charge in [-0.3, -0.25) is 4.98 Å². The molecule has 0 N–H and O–H groups in total. The Morgan fingerprint density at radius 1 is 0.907 bits per heavy atom. The number of thiophene rings is 1. The van der Waals surface area contributed by atoms with Crippen molar-refractivity contribution in [3.63, 3.8) is 0 Å². The van der Waals surface area contributed by atoms with Gasteiger partial charge in [0, 0.05) is 49.1 Å². The molecule has 1 radical (unpaired) electrons. The van der Waals surface area contributed by atoms with E-state index in [2.05, 4.69) is 28.2 Å². The Hall–Kier alpha value is -3.70. The molecule has 0 unspecified atom stereocenters. The number of hydrogen-bond donors (Lipinski definition) is 0. The maximum Gasteiger partial charge on any atom is 0.216 e. The van der Waals surface area contributed by atoms with Gasteiger partial charge in [-0.25, -0.2) is 4.98 Å². The summed E-state index contributed by atoms with van der Waals surface area (Å²) >= 11 is 1.54. The maximum absolute atomic E-state index is 8.86. The van der Waals surface area contributed by atoms with Gasteiger partial charge in [0.25, 0.3) is 0 Å². The zero-order chi connectivity index (χ0) is 33.7. The molecule has 0 saturated heterocycles. The first-order valence-corrected chi connectivity index (χ1v) is 14.5. The van der Waals surface area contributed by atoms with Gasteiger partial charge in [-0.2, -0.15) is 0 Å². The zero-order valence-electron chi connectivity index (χ0n) is 29.5. The van der Waals surface area contributed by atoms with Crippen LogP contribution in [0.25, 0.3) is 54.8 Å². The van der Waals surface area contributed by atoms with Crippen molar-refractivity contribution in [2.24, 2.45) is 5.41 Å². The molecule has 2 aromatic carbocycles. The molecular formula is C37H33IrN3OS-2. The van der Waals surface area contributed by atoms with Crippen LogP contribution in [0.15, 0.2) is 83.4 Å². The summed E-state index contributed by atoms with van der Waals surface area (Å²) in [6.45, 7) is 7.32. The van der Waals surface area contributed by atoms with Crippen LogP contribution in [0, 0.1) is 38.2 Å². The SMILES string of the molecule is Cc1ccc(-c2[c-]cccc2)nc1.[2H]C([2H])([2H])c1ccc2c(n1)oc1c(-c3ccc4sc(C)c(C([2H])([2H])C(C)(C)C)c4n3)[c-]ccc12.[Ir]. The van der Waals surface area contributed by atoms with Gasteiger partial charge in [-0.15, -0.1) is 65.4 Å². The van der Waals surface area contributed by atoms with Gasteiger partial charge in [-0.05, 0) is 73.2 Å². The number of hydrogen-bond acceptors (Lipinski definition) is 5. The van der Waals surface area contributed by atoms with Crippen molar-refractivity contribution in [3.05, 3.63) is 113 Å². The van der Waals surface area contributed by atoms with Gasteiger partial charge in [0.1, 0.15) is 0 Å². The zero-order valence-corrected chi connectivity index (χ0v) is 27.7. The summed E-state index contributed by atoms with van der Waals surface area (Å²) in [4.78, 5) is 14.4. The number of benzene rings is 2. The van der Waals surface area contributed by atoms with Gasteiger partial charge >= 0.3 is 0 Å². The Labute approximate surface area is 277 Å². The molecule has 219 valence electrons. The van der Waals surface area contributed by atoms with Crippen molar-refractivity contribution < 1.29 is 31.4 Å². The molecule has 0 bridgehead atoms. The first-order chi connectivity index (χ1) is 22.1. The molecule has 0 spiro atoms. The third-order valence-electron chi connectivity index (χ3n) is 6.66. The van der Waals surface area contributed by atoms with Crippen LogP contribution in [0.5, 0.6) is 0 Å². The third kappa shape index (κ3) is 6.62. The first kappa shape index (κ1) is 24.7. The molecule has 0 saturated carbocycles. The molecule has 0 aliphatic carbocycles. The molecular weight excluding hydrogens is 727 g/mol. The number of aryl methyl sites for hydroxylation is 3. The fraction of sp³-hybridized carbons (Fsp3) is 0.216. The summed E-state index contributed by atoms with van der Waals surface area (Å²) in [6.07, 6.45) is 0.293. The molecule has 6 heteroatoms. The molecule has 0 amide bonds. The second-order valence-corrected chi connectivity index (χ2v) is 12.5. The Morgan fingerprint density at radius 3 is 2.47 bits per heavy atom. The largest absolute Gasteiger partial charge is 0.486 e. The van der Waals surface area contributed by atoms with Gasteiger partial charge in [0.05, 0.1) is 15.8 Å². The fourth-order valence-electron chi connectivity index (χ4n) is 4.74. The average molecular weight is 765 g/mol. The monoisotopic (exact) mass is 765 g/mol. The molecule has 7 rings (SSSR count). The Morgan fingerprint density at radius 2 is 1.74 bits per heavy atom. The van der Waals surface area contributed by atoms with Crippen molar-refractivity contribution in [1.82, 2.24) is 15.0 Å². The predicted octanol–water partition coefficient (Wildman–Crippen LogP) is 10.1. The van der Waals surface area contributed by atoms with Crippen molar-refractivity contribution >= 4 is 43.6 Å². The number of nitrogens with zero attached hydrogens (tertiary/aromatic N) is 3. The van der Waals surface area contributed by atoms with E-state index in [1.54, 1.807) is 12.1 Å². The van der Waals surface area contributed by atoms with Crippen molar-refractivity contribution in [1.29, 1.82) is 0 Å². The van der Waals surface area contributed by atoms with Gasteiger partial charge in [-0.1, -0.05) is 49.9 Å². The number of fused-ring (bicyclic) bond motifs is 4. The summed E-state index contributed by atoms with van der Waals surface area (Å²) in [5, 5.41) is 1.51. The average Bonchev–Trinajstić information content (AvgIpc) is 3.57. The van der Waals surface area contributed by atoms with E-state index in [9.17, 15) is 0 Å². The quantitative estimate of drug-likeness (QED) is 0.168. The van der Waals surface area contributed by atoms with Crippen molar-refractivity contribution in [2.45, 2.75) is 47.8 Å². The van der Waals surface area contributed by atoms with E-state index in [1.165, 1.54) is 23.0 Å². The van der Waals surface area contributed by atoms with Crippen LogP contribution in [0.1, 0.15) is 49.3 Å². The fourth-order valence-corrected chi connectivity index (χ4v) is 5.70. The molecule has 5 aromatic heterocycles. The van der Waals surface area contributed by atoms with Crippen LogP contribution in [-0.4, -0.2) is 15.0 Å². The topological polar surface area (TPSA) is 51.8 Å². The summed E-state index contributed by atoms with van der Waals surface area (Å²) in [6, 6.07) is 29.0. The standard InChI is InChI=1S/C25H23N2OS.C12H10N.Ir/c1-14-9-10-17-16-7-6-8-18(23(16)28-24(17)26-14)20-11-12-21-22(27-20)19(15(2)29-21)13-25(3,4)5;1-10-7-8-12(13-9-10)11-5-3-2-4-6-11;/h6-7,9-12H,13H2,1-5H3;2-5,7-9H,1H3;/q2*-1;/i1D3,13D2;;. The molecule has 5 heterocycles. The van der Waals surface area contributed by atoms with Crippen LogP contribution < -0.4 is 0 Å². The number of furan rings is 1. The number of rotatable bonds is 3. The van der Waals surface area contributed by atoms with E-state index < -0.39 is 18.6 Å². The minimum absolute atomic E-state index is 0. The van der Waals surface area contributed by atoms with Crippen LogP contribution in [0.3, 0.4) is 0 Å².